The number of unbranched alkanes of at least 4 members (excludes halogenated alkanes) is 18. The summed E-state index contributed by atoms with van der Waals surface area (Å²) in [5.74, 6) is 0.528. The zero-order chi connectivity index (χ0) is 24.4. The molecule has 224 valence electrons. The van der Waals surface area contributed by atoms with E-state index in [0.29, 0.717) is 25.5 Å². The van der Waals surface area contributed by atoms with Crippen molar-refractivity contribution in [2.75, 3.05) is 0 Å². The van der Waals surface area contributed by atoms with Crippen molar-refractivity contribution in [2.24, 2.45) is 0 Å². The van der Waals surface area contributed by atoms with Gasteiger partial charge in [0.2, 0.25) is 0 Å². The van der Waals surface area contributed by atoms with E-state index in [9.17, 15) is 5.11 Å². The third kappa shape index (κ3) is 29.5. The summed E-state index contributed by atoms with van der Waals surface area (Å²) in [6.07, 6.45) is 29.7. The number of hydrogen-bond acceptors (Lipinski definition) is 2. The first-order valence-corrected chi connectivity index (χ1v) is 15.5. The van der Waals surface area contributed by atoms with Crippen LogP contribution >= 0.6 is 49.6 Å². The van der Waals surface area contributed by atoms with Gasteiger partial charge in [0.05, 0.1) is 0 Å². The van der Waals surface area contributed by atoms with Gasteiger partial charge in [-0.15, -0.1) is 49.6 Å². The van der Waals surface area contributed by atoms with Gasteiger partial charge in [0.15, 0.2) is 0 Å². The van der Waals surface area contributed by atoms with Crippen LogP contribution in [0.3, 0.4) is 0 Å². The van der Waals surface area contributed by atoms with Gasteiger partial charge in [0, 0.05) is 0 Å². The van der Waals surface area contributed by atoms with Gasteiger partial charge in [-0.25, -0.2) is 0 Å². The van der Waals surface area contributed by atoms with Crippen LogP contribution in [0.5, 0.6) is 5.75 Å². The second-order valence-electron chi connectivity index (χ2n) is 9.78. The zero-order valence-electron chi connectivity index (χ0n) is 23.7. The van der Waals surface area contributed by atoms with E-state index < -0.39 is 0 Å². The molecule has 0 aliphatic rings. The summed E-state index contributed by atoms with van der Waals surface area (Å²) in [6.45, 7) is 4.57. The summed E-state index contributed by atoms with van der Waals surface area (Å²) >= 11 is 0.333. The average Bonchev–Trinajstić information content (AvgIpc) is 2.84. The van der Waals surface area contributed by atoms with Gasteiger partial charge in [0.25, 0.3) is 0 Å². The fraction of sp³-hybridized carbons (Fsp3) is 0.800. The average molecular weight is 776 g/mol. The number of aryl methyl sites for hydroxylation is 1. The van der Waals surface area contributed by atoms with Crippen LogP contribution in [0, 0.1) is 0 Å². The molecule has 0 spiro atoms. The molecule has 1 N–H and O–H groups in total. The van der Waals surface area contributed by atoms with Gasteiger partial charge in [0.1, 0.15) is 5.75 Å². The molecule has 1 aromatic rings. The molecular weight excluding hydrogens is 718 g/mol. The van der Waals surface area contributed by atoms with E-state index in [1.54, 1.807) is 0 Å². The molecule has 0 atom stereocenters. The molecule has 0 aliphatic heterocycles. The van der Waals surface area contributed by atoms with E-state index in [1.807, 2.05) is 12.1 Å². The third-order valence-corrected chi connectivity index (χ3v) is 6.83. The van der Waals surface area contributed by atoms with Crippen molar-refractivity contribution in [3.8, 4) is 5.75 Å². The Morgan fingerprint density at radius 3 is 1.22 bits per heavy atom. The van der Waals surface area contributed by atoms with Gasteiger partial charge in [-0.1, -0.05) is 142 Å². The first kappa shape index (κ1) is 47.5. The van der Waals surface area contributed by atoms with Crippen molar-refractivity contribution in [3.63, 3.8) is 0 Å². The maximum atomic E-state index is 10.4. The quantitative estimate of drug-likeness (QED) is 0.119. The van der Waals surface area contributed by atoms with Crippen molar-refractivity contribution in [1.82, 2.24) is 0 Å². The Bertz CT molecular complexity index is 550. The Balaban J connectivity index is -0.000000554. The maximum absolute atomic E-state index is 10.4. The number of halogens is 4. The van der Waals surface area contributed by atoms with E-state index in [0.717, 1.165) is 12.8 Å². The second-order valence-corrected chi connectivity index (χ2v) is 9.78. The van der Waals surface area contributed by atoms with Crippen molar-refractivity contribution in [1.29, 1.82) is 0 Å². The van der Waals surface area contributed by atoms with E-state index in [-0.39, 0.29) is 49.6 Å². The molecule has 0 bridgehead atoms. The topological polar surface area (TPSA) is 37.3 Å². The van der Waals surface area contributed by atoms with E-state index in [1.165, 1.54) is 140 Å². The molecule has 0 amide bonds. The Kier molecular flexibility index (Phi) is 49.8. The molecule has 37 heavy (non-hydrogen) atoms. The predicted molar refractivity (Wildman–Crippen MR) is 169 cm³/mol. The molecule has 0 unspecified atom stereocenters. The standard InChI is InChI=1S/C30H54O.4ClH.O.W/c1-3-5-7-9-11-13-15-17-19-21-24-28-25-23-27-30(31)29(28)26-22-20-18-16-14-12-10-8-6-4-2;;;;;;/h23,25,27,31H,3-22,24,26H2,1-2H3;4*1H;;. The van der Waals surface area contributed by atoms with Crippen LogP contribution in [-0.2, 0) is 36.0 Å². The number of hydrogen-bond donors (Lipinski definition) is 1. The minimum atomic E-state index is 0. The monoisotopic (exact) mass is 774 g/mol. The number of aromatic hydroxyl groups is 1. The van der Waals surface area contributed by atoms with Crippen molar-refractivity contribution < 1.29 is 28.3 Å². The van der Waals surface area contributed by atoms with Crippen molar-refractivity contribution in [3.05, 3.63) is 29.3 Å². The van der Waals surface area contributed by atoms with Crippen LogP contribution in [0.25, 0.3) is 0 Å². The van der Waals surface area contributed by atoms with E-state index >= 15 is 0 Å². The van der Waals surface area contributed by atoms with Crippen LogP contribution in [0.4, 0.5) is 0 Å². The summed E-state index contributed by atoms with van der Waals surface area (Å²) in [6, 6.07) is 6.16. The van der Waals surface area contributed by atoms with E-state index in [2.05, 4.69) is 19.9 Å². The first-order valence-electron chi connectivity index (χ1n) is 14.3. The fourth-order valence-corrected chi connectivity index (χ4v) is 4.74. The summed E-state index contributed by atoms with van der Waals surface area (Å²) in [5, 5.41) is 10.4. The normalized spacial score (nSPS) is 9.57. The van der Waals surface area contributed by atoms with Crippen LogP contribution in [0.1, 0.15) is 153 Å². The molecule has 7 heteroatoms. The van der Waals surface area contributed by atoms with Gasteiger partial charge in [-0.3, -0.25) is 0 Å². The Hall–Kier alpha value is 0.668. The molecule has 0 heterocycles. The molecule has 0 fully saturated rings. The summed E-state index contributed by atoms with van der Waals surface area (Å²) in [4.78, 5) is 0. The Morgan fingerprint density at radius 1 is 0.514 bits per heavy atom. The molecule has 0 radical (unpaired) electrons. The minimum absolute atomic E-state index is 0. The molecule has 2 nitrogen and oxygen atoms in total. The molecule has 0 saturated carbocycles. The Morgan fingerprint density at radius 2 is 0.838 bits per heavy atom. The van der Waals surface area contributed by atoms with Gasteiger partial charge < -0.3 is 5.11 Å². The third-order valence-electron chi connectivity index (χ3n) is 6.83. The number of rotatable bonds is 22. The molecule has 0 saturated heterocycles. The van der Waals surface area contributed by atoms with Crippen LogP contribution in [0.2, 0.25) is 0 Å². The summed E-state index contributed by atoms with van der Waals surface area (Å²) in [5.41, 5.74) is 2.63. The first-order chi connectivity index (χ1) is 16.3. The molecule has 1 rings (SSSR count). The predicted octanol–water partition coefficient (Wildman–Crippen LogP) is 11.9. The van der Waals surface area contributed by atoms with Gasteiger partial charge >= 0.3 is 23.2 Å². The van der Waals surface area contributed by atoms with Gasteiger partial charge in [-0.05, 0) is 42.9 Å². The molecule has 0 aliphatic carbocycles. The molecule has 1 aromatic carbocycles. The summed E-state index contributed by atoms with van der Waals surface area (Å²) < 4.78 is 8.33. The van der Waals surface area contributed by atoms with E-state index in [4.69, 9.17) is 3.40 Å². The number of benzene rings is 1. The van der Waals surface area contributed by atoms with Gasteiger partial charge in [-0.2, -0.15) is 0 Å². The second kappa shape index (κ2) is 38.8. The van der Waals surface area contributed by atoms with Crippen LogP contribution in [0.15, 0.2) is 18.2 Å². The van der Waals surface area contributed by atoms with Crippen LogP contribution in [-0.4, -0.2) is 5.11 Å². The zero-order valence-corrected chi connectivity index (χ0v) is 29.9. The number of phenolic OH excluding ortho intramolecular Hbond substituents is 1. The molecule has 0 aromatic heterocycles. The Labute approximate surface area is 266 Å². The SMILES string of the molecule is CCCCCCCCCCCCc1cccc(O)c1CCCCCCCCCCCC.Cl.Cl.Cl.Cl.[O]=[W]. The fourth-order valence-electron chi connectivity index (χ4n) is 4.74. The molecular formula is C30H58Cl4O2W. The number of phenols is 1. The van der Waals surface area contributed by atoms with Crippen molar-refractivity contribution >= 4 is 49.6 Å². The summed E-state index contributed by atoms with van der Waals surface area (Å²) in [7, 11) is 0. The van der Waals surface area contributed by atoms with Crippen LogP contribution < -0.4 is 0 Å². The van der Waals surface area contributed by atoms with Crippen molar-refractivity contribution in [2.45, 2.75) is 155 Å².